The second kappa shape index (κ2) is 8.61. The Hall–Kier alpha value is -1.97. The molecule has 1 amide bonds. The van der Waals surface area contributed by atoms with Crippen LogP contribution in [0.25, 0.3) is 0 Å². The van der Waals surface area contributed by atoms with E-state index in [2.05, 4.69) is 11.9 Å². The number of amides is 1. The van der Waals surface area contributed by atoms with Gasteiger partial charge in [0.15, 0.2) is 0 Å². The summed E-state index contributed by atoms with van der Waals surface area (Å²) in [6.07, 6.45) is 2.44. The molecule has 0 bridgehead atoms. The molecule has 0 heterocycles. The second-order valence-corrected chi connectivity index (χ2v) is 5.69. The summed E-state index contributed by atoms with van der Waals surface area (Å²) in [4.78, 5) is 12.1. The number of hydrogen-bond donors (Lipinski definition) is 1. The van der Waals surface area contributed by atoms with Crippen LogP contribution in [0.5, 0.6) is 5.75 Å². The predicted molar refractivity (Wildman–Crippen MR) is 95.5 cm³/mol. The van der Waals surface area contributed by atoms with Crippen molar-refractivity contribution in [3.8, 4) is 5.75 Å². The molecular weight excluding hydrogens is 333 g/mol. The largest absolute Gasteiger partial charge is 0.489 e. The van der Waals surface area contributed by atoms with E-state index in [0.717, 1.165) is 5.56 Å². The van der Waals surface area contributed by atoms with Gasteiger partial charge in [-0.15, -0.1) is 0 Å². The molecule has 0 atom stereocenters. The minimum atomic E-state index is -0.109. The van der Waals surface area contributed by atoms with Gasteiger partial charge in [0.05, 0.1) is 0 Å². The van der Waals surface area contributed by atoms with Crippen LogP contribution in [0.1, 0.15) is 12.0 Å². The van der Waals surface area contributed by atoms with Crippen LogP contribution < -0.4 is 10.1 Å². The fourth-order valence-electron chi connectivity index (χ4n) is 2.05. The first kappa shape index (κ1) is 17.4. The van der Waals surface area contributed by atoms with Crippen molar-refractivity contribution in [2.45, 2.75) is 12.8 Å². The van der Waals surface area contributed by atoms with Gasteiger partial charge in [0.2, 0.25) is 5.91 Å². The van der Waals surface area contributed by atoms with E-state index in [4.69, 9.17) is 27.9 Å². The Morgan fingerprint density at radius 3 is 2.57 bits per heavy atom. The summed E-state index contributed by atoms with van der Waals surface area (Å²) in [7, 11) is 0. The van der Waals surface area contributed by atoms with Crippen LogP contribution in [0.15, 0.2) is 55.1 Å². The van der Waals surface area contributed by atoms with Crippen molar-refractivity contribution in [2.24, 2.45) is 0 Å². The lowest BCUT2D eigenvalue weighted by molar-refractivity contribution is -0.116. The van der Waals surface area contributed by atoms with Gasteiger partial charge in [0.25, 0.3) is 0 Å². The summed E-state index contributed by atoms with van der Waals surface area (Å²) in [5.41, 5.74) is 1.47. The van der Waals surface area contributed by atoms with E-state index in [-0.39, 0.29) is 5.91 Å². The Balaban J connectivity index is 1.93. The summed E-state index contributed by atoms with van der Waals surface area (Å²) in [6.45, 7) is 4.02. The first-order chi connectivity index (χ1) is 11.1. The molecule has 1 N–H and O–H groups in total. The van der Waals surface area contributed by atoms with Crippen LogP contribution >= 0.6 is 23.2 Å². The molecule has 2 rings (SSSR count). The Bertz CT molecular complexity index is 681. The number of carbonyl (C=O) groups excluding carboxylic acids is 1. The molecule has 0 saturated heterocycles. The Kier molecular flexibility index (Phi) is 6.51. The van der Waals surface area contributed by atoms with Crippen molar-refractivity contribution in [1.29, 1.82) is 0 Å². The van der Waals surface area contributed by atoms with Crippen molar-refractivity contribution in [1.82, 2.24) is 0 Å². The Morgan fingerprint density at radius 1 is 1.17 bits per heavy atom. The van der Waals surface area contributed by atoms with Gasteiger partial charge < -0.3 is 10.1 Å². The van der Waals surface area contributed by atoms with Crippen molar-refractivity contribution >= 4 is 34.8 Å². The Labute approximate surface area is 145 Å². The average Bonchev–Trinajstić information content (AvgIpc) is 2.53. The predicted octanol–water partition coefficient (Wildman–Crippen LogP) is 5.13. The van der Waals surface area contributed by atoms with Crippen LogP contribution in [0, 0.1) is 0 Å². The van der Waals surface area contributed by atoms with Gasteiger partial charge in [-0.1, -0.05) is 48.0 Å². The molecule has 120 valence electrons. The zero-order valence-electron chi connectivity index (χ0n) is 12.5. The minimum absolute atomic E-state index is 0.109. The maximum atomic E-state index is 12.1. The fraction of sp³-hybridized carbons (Fsp3) is 0.167. The standard InChI is InChI=1S/C18H17Cl2NO2/c1-2-11-23-14-6-3-5-13(12-14)21-18(22)10-9-15-16(19)7-4-8-17(15)20/h2-8,12H,1,9-11H2,(H,21,22). The molecule has 23 heavy (non-hydrogen) atoms. The van der Waals surface area contributed by atoms with E-state index < -0.39 is 0 Å². The second-order valence-electron chi connectivity index (χ2n) is 4.88. The molecule has 0 saturated carbocycles. The van der Waals surface area contributed by atoms with Crippen molar-refractivity contribution < 1.29 is 9.53 Å². The lowest BCUT2D eigenvalue weighted by atomic mass is 10.1. The van der Waals surface area contributed by atoms with Gasteiger partial charge in [-0.2, -0.15) is 0 Å². The number of halogens is 2. The molecule has 0 fully saturated rings. The smallest absolute Gasteiger partial charge is 0.224 e. The zero-order chi connectivity index (χ0) is 16.7. The van der Waals surface area contributed by atoms with Crippen LogP contribution in [0.2, 0.25) is 10.0 Å². The van der Waals surface area contributed by atoms with E-state index in [1.807, 2.05) is 12.1 Å². The zero-order valence-corrected chi connectivity index (χ0v) is 14.0. The third kappa shape index (κ3) is 5.31. The number of ether oxygens (including phenoxy) is 1. The molecule has 3 nitrogen and oxygen atoms in total. The lowest BCUT2D eigenvalue weighted by Crippen LogP contribution is -2.12. The number of hydrogen-bond acceptors (Lipinski definition) is 2. The van der Waals surface area contributed by atoms with Crippen molar-refractivity contribution in [3.63, 3.8) is 0 Å². The van der Waals surface area contributed by atoms with Gasteiger partial charge in [0.1, 0.15) is 12.4 Å². The monoisotopic (exact) mass is 349 g/mol. The highest BCUT2D eigenvalue weighted by atomic mass is 35.5. The molecule has 0 aliphatic heterocycles. The molecule has 5 heteroatoms. The lowest BCUT2D eigenvalue weighted by Gasteiger charge is -2.09. The van der Waals surface area contributed by atoms with E-state index >= 15 is 0 Å². The first-order valence-corrected chi connectivity index (χ1v) is 7.92. The summed E-state index contributed by atoms with van der Waals surface area (Å²) in [5.74, 6) is 0.568. The molecule has 2 aromatic carbocycles. The van der Waals surface area contributed by atoms with Crippen molar-refractivity contribution in [2.75, 3.05) is 11.9 Å². The van der Waals surface area contributed by atoms with Crippen LogP contribution in [0.3, 0.4) is 0 Å². The normalized spacial score (nSPS) is 10.2. The van der Waals surface area contributed by atoms with Crippen molar-refractivity contribution in [3.05, 3.63) is 70.7 Å². The SMILES string of the molecule is C=CCOc1cccc(NC(=O)CCc2c(Cl)cccc2Cl)c1. The fourth-order valence-corrected chi connectivity index (χ4v) is 2.64. The number of anilines is 1. The number of carbonyl (C=O) groups is 1. The maximum absolute atomic E-state index is 12.1. The quantitative estimate of drug-likeness (QED) is 0.703. The molecule has 2 aromatic rings. The average molecular weight is 350 g/mol. The molecule has 0 aliphatic carbocycles. The molecular formula is C18H17Cl2NO2. The van der Waals surface area contributed by atoms with Crippen LogP contribution in [0.4, 0.5) is 5.69 Å². The molecule has 0 spiro atoms. The summed E-state index contributed by atoms with van der Waals surface area (Å²) in [6, 6.07) is 12.5. The van der Waals surface area contributed by atoms with Gasteiger partial charge in [-0.3, -0.25) is 4.79 Å². The van der Waals surface area contributed by atoms with E-state index in [0.29, 0.717) is 40.9 Å². The summed E-state index contributed by atoms with van der Waals surface area (Å²) >= 11 is 12.2. The number of nitrogens with one attached hydrogen (secondary N) is 1. The van der Waals surface area contributed by atoms with E-state index in [1.54, 1.807) is 36.4 Å². The van der Waals surface area contributed by atoms with Gasteiger partial charge in [-0.05, 0) is 36.2 Å². The molecule has 0 aromatic heterocycles. The molecule has 0 aliphatic rings. The highest BCUT2D eigenvalue weighted by molar-refractivity contribution is 6.36. The molecule has 0 unspecified atom stereocenters. The van der Waals surface area contributed by atoms with Gasteiger partial charge in [-0.25, -0.2) is 0 Å². The highest BCUT2D eigenvalue weighted by Crippen LogP contribution is 2.25. The Morgan fingerprint density at radius 2 is 1.87 bits per heavy atom. The summed E-state index contributed by atoms with van der Waals surface area (Å²) in [5, 5.41) is 3.99. The topological polar surface area (TPSA) is 38.3 Å². The third-order valence-electron chi connectivity index (χ3n) is 3.15. The van der Waals surface area contributed by atoms with E-state index in [1.165, 1.54) is 0 Å². The van der Waals surface area contributed by atoms with Gasteiger partial charge in [0, 0.05) is 28.2 Å². The molecule has 0 radical (unpaired) electrons. The van der Waals surface area contributed by atoms with Gasteiger partial charge >= 0.3 is 0 Å². The highest BCUT2D eigenvalue weighted by Gasteiger charge is 2.09. The number of rotatable bonds is 7. The maximum Gasteiger partial charge on any atom is 0.224 e. The third-order valence-corrected chi connectivity index (χ3v) is 3.86. The summed E-state index contributed by atoms with van der Waals surface area (Å²) < 4.78 is 5.43. The van der Waals surface area contributed by atoms with E-state index in [9.17, 15) is 4.79 Å². The number of benzene rings is 2. The minimum Gasteiger partial charge on any atom is -0.489 e. The van der Waals surface area contributed by atoms with Crippen LogP contribution in [-0.4, -0.2) is 12.5 Å². The van der Waals surface area contributed by atoms with Crippen LogP contribution in [-0.2, 0) is 11.2 Å². The first-order valence-electron chi connectivity index (χ1n) is 7.16.